The van der Waals surface area contributed by atoms with Gasteiger partial charge in [0.2, 0.25) is 0 Å². The van der Waals surface area contributed by atoms with E-state index in [-0.39, 0.29) is 29.5 Å². The number of nitrogens with zero attached hydrogens (tertiary/aromatic N) is 2. The fourth-order valence-electron chi connectivity index (χ4n) is 3.51. The first kappa shape index (κ1) is 25.6. The minimum absolute atomic E-state index is 0.00322. The number of ether oxygens (including phenoxy) is 2. The molecule has 3 rings (SSSR count). The van der Waals surface area contributed by atoms with E-state index in [2.05, 4.69) is 5.32 Å². The van der Waals surface area contributed by atoms with E-state index in [4.69, 9.17) is 9.47 Å². The monoisotopic (exact) mass is 487 g/mol. The molecule has 0 saturated carbocycles. The van der Waals surface area contributed by atoms with Gasteiger partial charge in [-0.2, -0.15) is 18.4 Å². The first-order valence-electron chi connectivity index (χ1n) is 11.0. The van der Waals surface area contributed by atoms with E-state index in [1.807, 2.05) is 6.07 Å². The lowest BCUT2D eigenvalue weighted by Gasteiger charge is -2.15. The van der Waals surface area contributed by atoms with Crippen LogP contribution in [0.4, 0.5) is 18.9 Å². The molecule has 1 saturated heterocycles. The third kappa shape index (κ3) is 6.99. The largest absolute Gasteiger partial charge is 0.490 e. The number of carbonyl (C=O) groups is 2. The summed E-state index contributed by atoms with van der Waals surface area (Å²) in [5.74, 6) is -0.458. The highest BCUT2D eigenvalue weighted by atomic mass is 19.4. The van der Waals surface area contributed by atoms with Crippen molar-refractivity contribution in [2.45, 2.75) is 25.9 Å². The van der Waals surface area contributed by atoms with Gasteiger partial charge in [0.1, 0.15) is 11.6 Å². The SMILES string of the molecule is CCOc1cc(C=C(C#N)C(=O)N2CCCC2)ccc1OCC(=O)Nc1cccc(C(F)(F)F)c1. The predicted octanol–water partition coefficient (Wildman–Crippen LogP) is 4.65. The van der Waals surface area contributed by atoms with Gasteiger partial charge in [-0.3, -0.25) is 9.59 Å². The van der Waals surface area contributed by atoms with Crippen molar-refractivity contribution in [3.05, 3.63) is 59.2 Å². The quantitative estimate of drug-likeness (QED) is 0.432. The second kappa shape index (κ2) is 11.4. The normalized spacial score (nSPS) is 13.8. The third-order valence-electron chi connectivity index (χ3n) is 5.16. The van der Waals surface area contributed by atoms with Gasteiger partial charge in [-0.15, -0.1) is 0 Å². The Morgan fingerprint density at radius 3 is 2.51 bits per heavy atom. The molecule has 2 amide bonds. The number of benzene rings is 2. The summed E-state index contributed by atoms with van der Waals surface area (Å²) in [5.41, 5.74) is -0.342. The number of rotatable bonds is 8. The maximum atomic E-state index is 12.9. The van der Waals surface area contributed by atoms with Crippen molar-refractivity contribution >= 4 is 23.6 Å². The highest BCUT2D eigenvalue weighted by molar-refractivity contribution is 6.01. The van der Waals surface area contributed by atoms with Crippen LogP contribution < -0.4 is 14.8 Å². The molecule has 0 atom stereocenters. The number of hydrogen-bond acceptors (Lipinski definition) is 5. The van der Waals surface area contributed by atoms with E-state index >= 15 is 0 Å². The molecule has 0 spiro atoms. The summed E-state index contributed by atoms with van der Waals surface area (Å²) in [5, 5.41) is 11.8. The lowest BCUT2D eigenvalue weighted by molar-refractivity contribution is -0.137. The van der Waals surface area contributed by atoms with E-state index in [9.17, 15) is 28.0 Å². The Morgan fingerprint density at radius 2 is 1.86 bits per heavy atom. The zero-order chi connectivity index (χ0) is 25.4. The summed E-state index contributed by atoms with van der Waals surface area (Å²) in [6.45, 7) is 2.82. The summed E-state index contributed by atoms with van der Waals surface area (Å²) in [6, 6.07) is 10.9. The van der Waals surface area contributed by atoms with E-state index < -0.39 is 24.3 Å². The van der Waals surface area contributed by atoms with Crippen LogP contribution in [0.1, 0.15) is 30.9 Å². The van der Waals surface area contributed by atoms with Crippen molar-refractivity contribution < 1.29 is 32.2 Å². The lowest BCUT2D eigenvalue weighted by Crippen LogP contribution is -2.28. The zero-order valence-electron chi connectivity index (χ0n) is 19.0. The Labute approximate surface area is 200 Å². The van der Waals surface area contributed by atoms with Gasteiger partial charge in [0, 0.05) is 18.8 Å². The zero-order valence-corrected chi connectivity index (χ0v) is 19.0. The van der Waals surface area contributed by atoms with Crippen molar-refractivity contribution in [1.82, 2.24) is 4.90 Å². The minimum Gasteiger partial charge on any atom is -0.490 e. The number of halogens is 3. The molecule has 10 heteroatoms. The summed E-state index contributed by atoms with van der Waals surface area (Å²) in [7, 11) is 0. The van der Waals surface area contributed by atoms with Gasteiger partial charge in [0.05, 0.1) is 12.2 Å². The van der Waals surface area contributed by atoms with Crippen LogP contribution in [0.15, 0.2) is 48.0 Å². The first-order chi connectivity index (χ1) is 16.7. The topological polar surface area (TPSA) is 91.7 Å². The molecule has 0 unspecified atom stereocenters. The van der Waals surface area contributed by atoms with Gasteiger partial charge >= 0.3 is 6.18 Å². The van der Waals surface area contributed by atoms with Crippen molar-refractivity contribution in [2.24, 2.45) is 0 Å². The molecule has 2 aromatic rings. The lowest BCUT2D eigenvalue weighted by atomic mass is 10.1. The van der Waals surface area contributed by atoms with Crippen LogP contribution in [-0.4, -0.2) is 43.0 Å². The van der Waals surface area contributed by atoms with Crippen molar-refractivity contribution in [2.75, 3.05) is 31.6 Å². The van der Waals surface area contributed by atoms with Crippen LogP contribution >= 0.6 is 0 Å². The van der Waals surface area contributed by atoms with Gasteiger partial charge in [0.25, 0.3) is 11.8 Å². The number of alkyl halides is 3. The van der Waals surface area contributed by atoms with Gasteiger partial charge in [0.15, 0.2) is 18.1 Å². The molecular weight excluding hydrogens is 463 g/mol. The fourth-order valence-corrected chi connectivity index (χ4v) is 3.51. The number of amides is 2. The molecule has 1 aliphatic heterocycles. The molecule has 0 radical (unpaired) electrons. The van der Waals surface area contributed by atoms with E-state index in [1.165, 1.54) is 24.3 Å². The summed E-state index contributed by atoms with van der Waals surface area (Å²) in [6.07, 6.45) is -1.24. The Bertz CT molecular complexity index is 1150. The molecule has 0 bridgehead atoms. The van der Waals surface area contributed by atoms with E-state index in [0.29, 0.717) is 24.4 Å². The summed E-state index contributed by atoms with van der Waals surface area (Å²) in [4.78, 5) is 26.4. The molecule has 1 fully saturated rings. The summed E-state index contributed by atoms with van der Waals surface area (Å²) >= 11 is 0. The number of hydrogen-bond donors (Lipinski definition) is 1. The number of nitrogens with one attached hydrogen (secondary N) is 1. The Kier molecular flexibility index (Phi) is 8.36. The number of likely N-dealkylation sites (tertiary alicyclic amines) is 1. The second-order valence-corrected chi connectivity index (χ2v) is 7.72. The molecule has 1 N–H and O–H groups in total. The highest BCUT2D eigenvalue weighted by Gasteiger charge is 2.30. The smallest absolute Gasteiger partial charge is 0.416 e. The molecule has 35 heavy (non-hydrogen) atoms. The van der Waals surface area contributed by atoms with Crippen LogP contribution in [0.25, 0.3) is 6.08 Å². The molecule has 184 valence electrons. The molecular formula is C25H24F3N3O4. The van der Waals surface area contributed by atoms with Gasteiger partial charge < -0.3 is 19.7 Å². The molecule has 0 aliphatic carbocycles. The van der Waals surface area contributed by atoms with Crippen LogP contribution in [-0.2, 0) is 15.8 Å². The van der Waals surface area contributed by atoms with Gasteiger partial charge in [-0.1, -0.05) is 12.1 Å². The number of nitriles is 1. The van der Waals surface area contributed by atoms with Gasteiger partial charge in [-0.25, -0.2) is 0 Å². The Hall–Kier alpha value is -4.00. The highest BCUT2D eigenvalue weighted by Crippen LogP contribution is 2.31. The van der Waals surface area contributed by atoms with Crippen LogP contribution in [0, 0.1) is 11.3 Å². The van der Waals surface area contributed by atoms with Gasteiger partial charge in [-0.05, 0) is 61.7 Å². The Balaban J connectivity index is 1.69. The standard InChI is InChI=1S/C25H24F3N3O4/c1-2-34-22-13-17(12-18(15-29)24(33)31-10-3-4-11-31)8-9-21(22)35-16-23(32)30-20-7-5-6-19(14-20)25(26,27)28/h5-9,12-14H,2-4,10-11,16H2,1H3,(H,30,32). The van der Waals surface area contributed by atoms with E-state index in [0.717, 1.165) is 25.0 Å². The number of carbonyl (C=O) groups excluding carboxylic acids is 2. The van der Waals surface area contributed by atoms with E-state index in [1.54, 1.807) is 24.0 Å². The predicted molar refractivity (Wildman–Crippen MR) is 123 cm³/mol. The number of anilines is 1. The second-order valence-electron chi connectivity index (χ2n) is 7.72. The molecule has 1 heterocycles. The van der Waals surface area contributed by atoms with Crippen LogP contribution in [0.3, 0.4) is 0 Å². The maximum absolute atomic E-state index is 12.9. The first-order valence-corrected chi connectivity index (χ1v) is 11.0. The van der Waals surface area contributed by atoms with Crippen molar-refractivity contribution in [1.29, 1.82) is 5.26 Å². The van der Waals surface area contributed by atoms with Crippen molar-refractivity contribution in [3.8, 4) is 17.6 Å². The molecule has 0 aromatic heterocycles. The minimum atomic E-state index is -4.52. The average Bonchev–Trinajstić information content (AvgIpc) is 3.36. The summed E-state index contributed by atoms with van der Waals surface area (Å²) < 4.78 is 49.6. The average molecular weight is 487 g/mol. The third-order valence-corrected chi connectivity index (χ3v) is 5.16. The van der Waals surface area contributed by atoms with Crippen LogP contribution in [0.5, 0.6) is 11.5 Å². The fraction of sp³-hybridized carbons (Fsp3) is 0.320. The Morgan fingerprint density at radius 1 is 1.11 bits per heavy atom. The van der Waals surface area contributed by atoms with Crippen molar-refractivity contribution in [3.63, 3.8) is 0 Å². The molecule has 2 aromatic carbocycles. The maximum Gasteiger partial charge on any atom is 0.416 e. The molecule has 7 nitrogen and oxygen atoms in total. The van der Waals surface area contributed by atoms with Crippen LogP contribution in [0.2, 0.25) is 0 Å². The molecule has 1 aliphatic rings.